The Morgan fingerprint density at radius 3 is 2.62 bits per heavy atom. The van der Waals surface area contributed by atoms with Gasteiger partial charge < -0.3 is 15.4 Å². The van der Waals surface area contributed by atoms with Crippen LogP contribution in [0.4, 0.5) is 0 Å². The first-order valence-corrected chi connectivity index (χ1v) is 10.1. The summed E-state index contributed by atoms with van der Waals surface area (Å²) < 4.78 is 1.84. The topological polar surface area (TPSA) is 93.8 Å². The molecule has 0 spiro atoms. The summed E-state index contributed by atoms with van der Waals surface area (Å²) in [4.78, 5) is 15.4. The summed E-state index contributed by atoms with van der Waals surface area (Å²) >= 11 is 0. The first-order valence-electron chi connectivity index (χ1n) is 10.1. The number of H-pyrrole nitrogens is 1. The lowest BCUT2D eigenvalue weighted by Gasteiger charge is -2.33. The molecule has 0 bridgehead atoms. The first-order chi connectivity index (χ1) is 14.0. The number of aromatic nitrogens is 2. The molecule has 1 atom stereocenters. The normalized spacial score (nSPS) is 21.6. The number of aromatic amines is 1. The van der Waals surface area contributed by atoms with Gasteiger partial charge in [0.05, 0.1) is 28.3 Å². The SMILES string of the molecule is CC(O)(CNC1CCC(n2c(=O)[nH]c3cc(C#N)ccc32)CC1)c1ccccc1. The van der Waals surface area contributed by atoms with Crippen molar-refractivity contribution in [3.63, 3.8) is 0 Å². The van der Waals surface area contributed by atoms with E-state index in [0.717, 1.165) is 36.8 Å². The maximum Gasteiger partial charge on any atom is 0.326 e. The number of benzene rings is 2. The van der Waals surface area contributed by atoms with Crippen molar-refractivity contribution < 1.29 is 5.11 Å². The van der Waals surface area contributed by atoms with Crippen LogP contribution in [-0.2, 0) is 5.60 Å². The van der Waals surface area contributed by atoms with Crippen LogP contribution in [0.15, 0.2) is 53.3 Å². The average molecular weight is 390 g/mol. The molecule has 1 aliphatic rings. The Hall–Kier alpha value is -2.88. The van der Waals surface area contributed by atoms with E-state index in [4.69, 9.17) is 5.26 Å². The Balaban J connectivity index is 1.40. The molecule has 2 aromatic carbocycles. The predicted octanol–water partition coefficient (Wildman–Crippen LogP) is 3.18. The van der Waals surface area contributed by atoms with Gasteiger partial charge >= 0.3 is 5.69 Å². The van der Waals surface area contributed by atoms with E-state index >= 15 is 0 Å². The van der Waals surface area contributed by atoms with Gasteiger partial charge in [-0.2, -0.15) is 5.26 Å². The van der Waals surface area contributed by atoms with Crippen molar-refractivity contribution in [2.75, 3.05) is 6.54 Å². The summed E-state index contributed by atoms with van der Waals surface area (Å²) in [6, 6.07) is 17.6. The Kier molecular flexibility index (Phi) is 5.27. The molecule has 6 nitrogen and oxygen atoms in total. The van der Waals surface area contributed by atoms with Crippen LogP contribution in [0.3, 0.4) is 0 Å². The number of fused-ring (bicyclic) bond motifs is 1. The summed E-state index contributed by atoms with van der Waals surface area (Å²) in [7, 11) is 0. The minimum atomic E-state index is -0.912. The maximum atomic E-state index is 12.5. The Labute approximate surface area is 169 Å². The van der Waals surface area contributed by atoms with Crippen LogP contribution in [0, 0.1) is 11.3 Å². The van der Waals surface area contributed by atoms with Crippen LogP contribution in [-0.4, -0.2) is 27.2 Å². The van der Waals surface area contributed by atoms with Gasteiger partial charge in [0.25, 0.3) is 0 Å². The third-order valence-corrected chi connectivity index (χ3v) is 6.04. The third-order valence-electron chi connectivity index (χ3n) is 6.04. The molecular weight excluding hydrogens is 364 g/mol. The molecule has 1 fully saturated rings. The predicted molar refractivity (Wildman–Crippen MR) is 113 cm³/mol. The highest BCUT2D eigenvalue weighted by Gasteiger charge is 2.28. The Morgan fingerprint density at radius 2 is 1.93 bits per heavy atom. The van der Waals surface area contributed by atoms with Crippen molar-refractivity contribution in [1.29, 1.82) is 5.26 Å². The lowest BCUT2D eigenvalue weighted by Crippen LogP contribution is -2.42. The Morgan fingerprint density at radius 1 is 1.21 bits per heavy atom. The summed E-state index contributed by atoms with van der Waals surface area (Å²) in [5.74, 6) is 0. The first kappa shape index (κ1) is 19.4. The summed E-state index contributed by atoms with van der Waals surface area (Å²) in [5.41, 5.74) is 2.00. The van der Waals surface area contributed by atoms with Crippen LogP contribution in [0.2, 0.25) is 0 Å². The highest BCUT2D eigenvalue weighted by molar-refractivity contribution is 5.77. The number of hydrogen-bond donors (Lipinski definition) is 3. The average Bonchev–Trinajstić information content (AvgIpc) is 3.08. The standard InChI is InChI=1S/C23H26N4O2/c1-23(29,17-5-3-2-4-6-17)15-25-18-8-10-19(11-9-18)27-21-12-7-16(14-24)13-20(21)26-22(27)28/h2-7,12-13,18-19,25,29H,8-11,15H2,1H3,(H,26,28). The van der Waals surface area contributed by atoms with Gasteiger partial charge in [0, 0.05) is 18.6 Å². The van der Waals surface area contributed by atoms with E-state index in [1.807, 2.05) is 47.9 Å². The van der Waals surface area contributed by atoms with Gasteiger partial charge in [-0.25, -0.2) is 4.79 Å². The zero-order valence-corrected chi connectivity index (χ0v) is 16.6. The second-order valence-corrected chi connectivity index (χ2v) is 8.17. The molecule has 0 amide bonds. The number of nitrogens with one attached hydrogen (secondary N) is 2. The zero-order chi connectivity index (χ0) is 20.4. The molecular formula is C23H26N4O2. The van der Waals surface area contributed by atoms with E-state index in [1.165, 1.54) is 0 Å². The number of hydrogen-bond acceptors (Lipinski definition) is 4. The molecule has 1 unspecified atom stereocenters. The molecule has 0 radical (unpaired) electrons. The largest absolute Gasteiger partial charge is 0.384 e. The fraction of sp³-hybridized carbons (Fsp3) is 0.391. The summed E-state index contributed by atoms with van der Waals surface area (Å²) in [6.45, 7) is 2.33. The molecule has 1 aromatic heterocycles. The van der Waals surface area contributed by atoms with Gasteiger partial charge in [-0.15, -0.1) is 0 Å². The lowest BCUT2D eigenvalue weighted by atomic mass is 9.89. The lowest BCUT2D eigenvalue weighted by molar-refractivity contribution is 0.0515. The highest BCUT2D eigenvalue weighted by Crippen LogP contribution is 2.30. The van der Waals surface area contributed by atoms with Gasteiger partial charge in [0.15, 0.2) is 0 Å². The van der Waals surface area contributed by atoms with Crippen LogP contribution in [0.5, 0.6) is 0 Å². The molecule has 1 heterocycles. The maximum absolute atomic E-state index is 12.5. The second-order valence-electron chi connectivity index (χ2n) is 8.17. The van der Waals surface area contributed by atoms with Gasteiger partial charge in [-0.3, -0.25) is 4.57 Å². The minimum absolute atomic E-state index is 0.112. The van der Waals surface area contributed by atoms with Crippen molar-refractivity contribution in [2.45, 2.75) is 50.3 Å². The number of nitriles is 1. The Bertz CT molecular complexity index is 1080. The summed E-state index contributed by atoms with van der Waals surface area (Å²) in [6.07, 6.45) is 3.70. The minimum Gasteiger partial charge on any atom is -0.384 e. The fourth-order valence-electron chi connectivity index (χ4n) is 4.34. The van der Waals surface area contributed by atoms with Gasteiger partial charge in [0.2, 0.25) is 0 Å². The van der Waals surface area contributed by atoms with E-state index in [2.05, 4.69) is 16.4 Å². The van der Waals surface area contributed by atoms with Crippen LogP contribution < -0.4 is 11.0 Å². The van der Waals surface area contributed by atoms with Crippen molar-refractivity contribution in [3.05, 3.63) is 70.1 Å². The molecule has 4 rings (SSSR count). The zero-order valence-electron chi connectivity index (χ0n) is 16.6. The molecule has 1 saturated carbocycles. The third kappa shape index (κ3) is 3.98. The molecule has 0 saturated heterocycles. The fourth-order valence-corrected chi connectivity index (χ4v) is 4.34. The monoisotopic (exact) mass is 390 g/mol. The molecule has 3 N–H and O–H groups in total. The number of rotatable bonds is 5. The molecule has 0 aliphatic heterocycles. The quantitative estimate of drug-likeness (QED) is 0.624. The van der Waals surface area contributed by atoms with Crippen molar-refractivity contribution >= 4 is 11.0 Å². The van der Waals surface area contributed by atoms with E-state index in [1.54, 1.807) is 12.1 Å². The van der Waals surface area contributed by atoms with Crippen molar-refractivity contribution in [3.8, 4) is 6.07 Å². The molecule has 6 heteroatoms. The molecule has 1 aliphatic carbocycles. The molecule has 29 heavy (non-hydrogen) atoms. The number of imidazole rings is 1. The van der Waals surface area contributed by atoms with Crippen LogP contribution >= 0.6 is 0 Å². The van der Waals surface area contributed by atoms with E-state index in [-0.39, 0.29) is 11.7 Å². The smallest absolute Gasteiger partial charge is 0.326 e. The van der Waals surface area contributed by atoms with Crippen molar-refractivity contribution in [1.82, 2.24) is 14.9 Å². The van der Waals surface area contributed by atoms with Crippen LogP contribution in [0.25, 0.3) is 11.0 Å². The van der Waals surface area contributed by atoms with E-state index in [9.17, 15) is 9.90 Å². The summed E-state index contributed by atoms with van der Waals surface area (Å²) in [5, 5.41) is 23.4. The number of aliphatic hydroxyl groups is 1. The van der Waals surface area contributed by atoms with Gasteiger partial charge in [-0.05, 0) is 56.4 Å². The van der Waals surface area contributed by atoms with Gasteiger partial charge in [0.1, 0.15) is 0 Å². The highest BCUT2D eigenvalue weighted by atomic mass is 16.3. The van der Waals surface area contributed by atoms with Crippen molar-refractivity contribution in [2.24, 2.45) is 0 Å². The van der Waals surface area contributed by atoms with Gasteiger partial charge in [-0.1, -0.05) is 30.3 Å². The molecule has 150 valence electrons. The van der Waals surface area contributed by atoms with E-state index < -0.39 is 5.60 Å². The molecule has 3 aromatic rings. The van der Waals surface area contributed by atoms with E-state index in [0.29, 0.717) is 23.7 Å². The second kappa shape index (κ2) is 7.86. The number of nitrogens with zero attached hydrogens (tertiary/aromatic N) is 2. The van der Waals surface area contributed by atoms with Crippen LogP contribution in [0.1, 0.15) is 49.8 Å².